The molecule has 0 aromatic carbocycles. The van der Waals surface area contributed by atoms with Crippen molar-refractivity contribution in [3.05, 3.63) is 17.7 Å². The number of hydrogen-bond donors (Lipinski definition) is 3. The first-order valence-corrected chi connectivity index (χ1v) is 5.55. The van der Waals surface area contributed by atoms with Gasteiger partial charge in [-0.25, -0.2) is 24.6 Å². The molecule has 1 aliphatic heterocycles. The summed E-state index contributed by atoms with van der Waals surface area (Å²) in [7, 11) is 0. The quantitative estimate of drug-likeness (QED) is 0.554. The highest BCUT2D eigenvalue weighted by atomic mass is 19.1. The zero-order valence-corrected chi connectivity index (χ0v) is 9.34. The van der Waals surface area contributed by atoms with Crippen LogP contribution >= 0.6 is 0 Å². The van der Waals surface area contributed by atoms with Gasteiger partial charge >= 0.3 is 0 Å². The number of rotatable bonds is 3. The van der Waals surface area contributed by atoms with E-state index in [-0.39, 0.29) is 11.6 Å². The summed E-state index contributed by atoms with van der Waals surface area (Å²) in [5.41, 5.74) is 4.92. The van der Waals surface area contributed by atoms with Crippen LogP contribution in [0.4, 0.5) is 20.4 Å². The molecule has 0 aliphatic carbocycles. The molecular formula is C10H15F2N5. The van der Waals surface area contributed by atoms with Gasteiger partial charge in [-0.3, -0.25) is 0 Å². The van der Waals surface area contributed by atoms with Crippen molar-refractivity contribution in [3.63, 3.8) is 0 Å². The van der Waals surface area contributed by atoms with E-state index < -0.39 is 11.6 Å². The summed E-state index contributed by atoms with van der Waals surface area (Å²) in [6.07, 6.45) is 3.28. The third kappa shape index (κ3) is 2.80. The molecule has 94 valence electrons. The predicted octanol–water partition coefficient (Wildman–Crippen LogP) is 1.46. The van der Waals surface area contributed by atoms with Gasteiger partial charge in [-0.05, 0) is 12.8 Å². The van der Waals surface area contributed by atoms with Crippen molar-refractivity contribution in [1.82, 2.24) is 9.99 Å². The van der Waals surface area contributed by atoms with Crippen LogP contribution in [0, 0.1) is 11.6 Å². The molecule has 1 aromatic rings. The fourth-order valence-electron chi connectivity index (χ4n) is 1.80. The molecule has 0 unspecified atom stereocenters. The second-order valence-electron chi connectivity index (χ2n) is 3.95. The maximum Gasteiger partial charge on any atom is 0.179 e. The predicted molar refractivity (Wildman–Crippen MR) is 61.0 cm³/mol. The summed E-state index contributed by atoms with van der Waals surface area (Å²) in [5.74, 6) is 3.36. The number of halogens is 2. The molecule has 4 N–H and O–H groups in total. The minimum absolute atomic E-state index is 0.0127. The van der Waals surface area contributed by atoms with Gasteiger partial charge in [0.15, 0.2) is 23.3 Å². The van der Waals surface area contributed by atoms with Crippen LogP contribution in [0.1, 0.15) is 19.3 Å². The number of nitrogen functional groups attached to an aromatic ring is 1. The van der Waals surface area contributed by atoms with Crippen molar-refractivity contribution >= 4 is 11.6 Å². The number of pyridine rings is 1. The van der Waals surface area contributed by atoms with Gasteiger partial charge in [-0.2, -0.15) is 0 Å². The van der Waals surface area contributed by atoms with Crippen molar-refractivity contribution in [3.8, 4) is 0 Å². The minimum atomic E-state index is -0.811. The van der Waals surface area contributed by atoms with E-state index in [1.54, 1.807) is 0 Å². The lowest BCUT2D eigenvalue weighted by atomic mass is 10.2. The van der Waals surface area contributed by atoms with Crippen LogP contribution in [-0.2, 0) is 0 Å². The van der Waals surface area contributed by atoms with Crippen LogP contribution < -0.4 is 16.7 Å². The average molecular weight is 243 g/mol. The molecule has 1 fully saturated rings. The third-order valence-electron chi connectivity index (χ3n) is 2.69. The molecule has 1 aromatic heterocycles. The minimum Gasteiger partial charge on any atom is -0.306 e. The Bertz CT molecular complexity index is 393. The van der Waals surface area contributed by atoms with E-state index in [1.807, 2.05) is 5.01 Å². The number of aromatic nitrogens is 1. The monoisotopic (exact) mass is 243 g/mol. The summed E-state index contributed by atoms with van der Waals surface area (Å²) in [5, 5.41) is 1.87. The molecule has 7 heteroatoms. The van der Waals surface area contributed by atoms with Crippen LogP contribution in [0.2, 0.25) is 0 Å². The van der Waals surface area contributed by atoms with Gasteiger partial charge in [-0.1, -0.05) is 6.42 Å². The Balaban J connectivity index is 2.13. The summed E-state index contributed by atoms with van der Waals surface area (Å²) in [4.78, 5) is 3.75. The number of nitrogens with one attached hydrogen (secondary N) is 2. The third-order valence-corrected chi connectivity index (χ3v) is 2.69. The molecule has 0 radical (unpaired) electrons. The van der Waals surface area contributed by atoms with E-state index in [4.69, 9.17) is 5.84 Å². The Hall–Kier alpha value is -1.47. The van der Waals surface area contributed by atoms with Crippen molar-refractivity contribution < 1.29 is 8.78 Å². The number of hydrazine groups is 2. The van der Waals surface area contributed by atoms with Gasteiger partial charge in [0.2, 0.25) is 0 Å². The molecule has 1 aliphatic rings. The Labute approximate surface area is 97.9 Å². The van der Waals surface area contributed by atoms with Gasteiger partial charge in [-0.15, -0.1) is 0 Å². The van der Waals surface area contributed by atoms with E-state index in [0.717, 1.165) is 32.0 Å². The maximum atomic E-state index is 13.5. The van der Waals surface area contributed by atoms with E-state index in [1.165, 1.54) is 6.42 Å². The van der Waals surface area contributed by atoms with Crippen molar-refractivity contribution in [2.24, 2.45) is 5.84 Å². The Morgan fingerprint density at radius 3 is 2.41 bits per heavy atom. The Morgan fingerprint density at radius 1 is 1.12 bits per heavy atom. The summed E-state index contributed by atoms with van der Waals surface area (Å²) >= 11 is 0. The Morgan fingerprint density at radius 2 is 1.76 bits per heavy atom. The zero-order chi connectivity index (χ0) is 12.3. The lowest BCUT2D eigenvalue weighted by Gasteiger charge is -2.27. The number of hydrogen-bond acceptors (Lipinski definition) is 5. The van der Waals surface area contributed by atoms with E-state index in [0.29, 0.717) is 0 Å². The highest BCUT2D eigenvalue weighted by molar-refractivity contribution is 5.46. The lowest BCUT2D eigenvalue weighted by Crippen LogP contribution is -2.35. The normalized spacial score (nSPS) is 16.9. The van der Waals surface area contributed by atoms with E-state index in [9.17, 15) is 8.78 Å². The molecule has 0 spiro atoms. The van der Waals surface area contributed by atoms with E-state index >= 15 is 0 Å². The number of nitrogens with two attached hydrogens (primary N) is 1. The van der Waals surface area contributed by atoms with Gasteiger partial charge in [0.25, 0.3) is 0 Å². The molecule has 0 bridgehead atoms. The number of anilines is 2. The molecule has 17 heavy (non-hydrogen) atoms. The molecule has 1 saturated heterocycles. The van der Waals surface area contributed by atoms with Gasteiger partial charge < -0.3 is 10.9 Å². The number of nitrogens with zero attached hydrogens (tertiary/aromatic N) is 2. The van der Waals surface area contributed by atoms with Gasteiger partial charge in [0.05, 0.1) is 0 Å². The maximum absolute atomic E-state index is 13.5. The average Bonchev–Trinajstić information content (AvgIpc) is 2.34. The topological polar surface area (TPSA) is 66.2 Å². The Kier molecular flexibility index (Phi) is 3.70. The van der Waals surface area contributed by atoms with Gasteiger partial charge in [0, 0.05) is 19.2 Å². The van der Waals surface area contributed by atoms with Crippen molar-refractivity contribution in [2.75, 3.05) is 23.9 Å². The lowest BCUT2D eigenvalue weighted by molar-refractivity contribution is 0.270. The van der Waals surface area contributed by atoms with Crippen LogP contribution in [0.3, 0.4) is 0 Å². The molecule has 0 amide bonds. The highest BCUT2D eigenvalue weighted by Gasteiger charge is 2.15. The second kappa shape index (κ2) is 5.24. The van der Waals surface area contributed by atoms with Crippen molar-refractivity contribution in [2.45, 2.75) is 19.3 Å². The molecule has 5 nitrogen and oxygen atoms in total. The first kappa shape index (κ1) is 12.0. The zero-order valence-electron chi connectivity index (χ0n) is 9.34. The van der Waals surface area contributed by atoms with Crippen LogP contribution in [0.25, 0.3) is 0 Å². The SMILES string of the molecule is NNc1nc(NN2CCCCC2)c(F)cc1F. The summed E-state index contributed by atoms with van der Waals surface area (Å²) in [6.45, 7) is 1.65. The number of piperidine rings is 1. The summed E-state index contributed by atoms with van der Waals surface area (Å²) < 4.78 is 26.6. The first-order chi connectivity index (χ1) is 8.20. The first-order valence-electron chi connectivity index (χ1n) is 5.55. The molecule has 0 atom stereocenters. The fourth-order valence-corrected chi connectivity index (χ4v) is 1.80. The van der Waals surface area contributed by atoms with Crippen molar-refractivity contribution in [1.29, 1.82) is 0 Å². The highest BCUT2D eigenvalue weighted by Crippen LogP contribution is 2.19. The van der Waals surface area contributed by atoms with Crippen LogP contribution in [0.5, 0.6) is 0 Å². The largest absolute Gasteiger partial charge is 0.306 e. The summed E-state index contributed by atoms with van der Waals surface area (Å²) in [6, 6.07) is 0.758. The van der Waals surface area contributed by atoms with Gasteiger partial charge in [0.1, 0.15) is 0 Å². The second-order valence-corrected chi connectivity index (χ2v) is 3.95. The standard InChI is InChI=1S/C10H15F2N5/c11-7-6-8(12)10(14-9(7)15-13)16-17-4-2-1-3-5-17/h6H,1-5,13H2,(H2,14,15,16). The molecule has 2 heterocycles. The molecule has 0 saturated carbocycles. The molecular weight excluding hydrogens is 228 g/mol. The molecule has 2 rings (SSSR count). The van der Waals surface area contributed by atoms with Crippen LogP contribution in [-0.4, -0.2) is 23.1 Å². The van der Waals surface area contributed by atoms with E-state index in [2.05, 4.69) is 15.8 Å². The smallest absolute Gasteiger partial charge is 0.179 e. The fraction of sp³-hybridized carbons (Fsp3) is 0.500. The van der Waals surface area contributed by atoms with Crippen LogP contribution in [0.15, 0.2) is 6.07 Å².